The van der Waals surface area contributed by atoms with E-state index in [0.717, 1.165) is 12.8 Å². The first kappa shape index (κ1) is 12.3. The molecule has 82 valence electrons. The molecule has 0 saturated heterocycles. The number of hydrogen-bond donors (Lipinski definition) is 0. The molecule has 0 spiro atoms. The highest BCUT2D eigenvalue weighted by atomic mass is 35.5. The molecule has 0 heterocycles. The predicted octanol–water partition coefficient (Wildman–Crippen LogP) is 3.65. The summed E-state index contributed by atoms with van der Waals surface area (Å²) in [5.74, 6) is 0.867. The van der Waals surface area contributed by atoms with Crippen molar-refractivity contribution in [3.05, 3.63) is 29.3 Å². The fourth-order valence-electron chi connectivity index (χ4n) is 1.05. The standard InChI is InChI=1S/C11H12Cl2O2/c12-8-2-1-3-11(14)15-10-6-4-9(13)5-7-10/h4-7H,1-3,8H2. The van der Waals surface area contributed by atoms with Gasteiger partial charge in [-0.25, -0.2) is 0 Å². The third-order valence-electron chi connectivity index (χ3n) is 1.81. The van der Waals surface area contributed by atoms with Crippen molar-refractivity contribution in [3.8, 4) is 5.75 Å². The van der Waals surface area contributed by atoms with Crippen LogP contribution >= 0.6 is 23.2 Å². The normalized spacial score (nSPS) is 10.0. The molecule has 0 radical (unpaired) electrons. The van der Waals surface area contributed by atoms with Crippen molar-refractivity contribution in [1.82, 2.24) is 0 Å². The fourth-order valence-corrected chi connectivity index (χ4v) is 1.36. The summed E-state index contributed by atoms with van der Waals surface area (Å²) in [5, 5.41) is 0.622. The molecular formula is C11H12Cl2O2. The van der Waals surface area contributed by atoms with E-state index in [4.69, 9.17) is 27.9 Å². The predicted molar refractivity (Wildman–Crippen MR) is 61.7 cm³/mol. The first-order chi connectivity index (χ1) is 7.22. The SMILES string of the molecule is O=C(CCCCCl)Oc1ccc(Cl)cc1. The topological polar surface area (TPSA) is 26.3 Å². The summed E-state index contributed by atoms with van der Waals surface area (Å²) in [5.41, 5.74) is 0. The van der Waals surface area contributed by atoms with Crippen LogP contribution in [0.1, 0.15) is 19.3 Å². The maximum atomic E-state index is 11.3. The van der Waals surface area contributed by atoms with Gasteiger partial charge in [-0.3, -0.25) is 4.79 Å². The Balaban J connectivity index is 2.34. The van der Waals surface area contributed by atoms with Crippen LogP contribution in [0.4, 0.5) is 0 Å². The minimum Gasteiger partial charge on any atom is -0.427 e. The first-order valence-electron chi connectivity index (χ1n) is 4.74. The molecule has 1 aromatic carbocycles. The second kappa shape index (κ2) is 6.70. The van der Waals surface area contributed by atoms with Gasteiger partial charge in [0.15, 0.2) is 0 Å². The van der Waals surface area contributed by atoms with Gasteiger partial charge in [-0.2, -0.15) is 0 Å². The molecule has 0 aliphatic rings. The van der Waals surface area contributed by atoms with Crippen LogP contribution in [0.25, 0.3) is 0 Å². The van der Waals surface area contributed by atoms with Crippen LogP contribution < -0.4 is 4.74 Å². The maximum absolute atomic E-state index is 11.3. The number of rotatable bonds is 5. The highest BCUT2D eigenvalue weighted by Gasteiger charge is 2.03. The largest absolute Gasteiger partial charge is 0.427 e. The summed E-state index contributed by atoms with van der Waals surface area (Å²) in [6.45, 7) is 0. The molecule has 0 N–H and O–H groups in total. The van der Waals surface area contributed by atoms with Gasteiger partial charge in [-0.05, 0) is 37.1 Å². The number of alkyl halides is 1. The van der Waals surface area contributed by atoms with E-state index in [9.17, 15) is 4.79 Å². The van der Waals surface area contributed by atoms with E-state index < -0.39 is 0 Å². The number of halogens is 2. The van der Waals surface area contributed by atoms with E-state index in [0.29, 0.717) is 23.1 Å². The molecule has 4 heteroatoms. The Morgan fingerprint density at radius 3 is 2.47 bits per heavy atom. The van der Waals surface area contributed by atoms with E-state index in [1.165, 1.54) is 0 Å². The Labute approximate surface area is 99.1 Å². The number of carbonyl (C=O) groups is 1. The minimum atomic E-state index is -0.234. The van der Waals surface area contributed by atoms with Crippen molar-refractivity contribution in [2.24, 2.45) is 0 Å². The van der Waals surface area contributed by atoms with E-state index in [-0.39, 0.29) is 5.97 Å². The van der Waals surface area contributed by atoms with Gasteiger partial charge < -0.3 is 4.74 Å². The zero-order valence-electron chi connectivity index (χ0n) is 8.21. The van der Waals surface area contributed by atoms with Crippen LogP contribution in [0, 0.1) is 0 Å². The molecule has 1 rings (SSSR count). The number of benzene rings is 1. The lowest BCUT2D eigenvalue weighted by atomic mass is 10.2. The van der Waals surface area contributed by atoms with Crippen molar-refractivity contribution >= 4 is 29.2 Å². The molecule has 0 bridgehead atoms. The second-order valence-corrected chi connectivity index (χ2v) is 3.89. The van der Waals surface area contributed by atoms with Gasteiger partial charge in [0, 0.05) is 17.3 Å². The zero-order valence-corrected chi connectivity index (χ0v) is 9.72. The first-order valence-corrected chi connectivity index (χ1v) is 5.66. The summed E-state index contributed by atoms with van der Waals surface area (Å²) in [7, 11) is 0. The van der Waals surface area contributed by atoms with Crippen LogP contribution in [-0.2, 0) is 4.79 Å². The third kappa shape index (κ3) is 5.05. The van der Waals surface area contributed by atoms with E-state index >= 15 is 0 Å². The summed E-state index contributed by atoms with van der Waals surface area (Å²) in [6, 6.07) is 6.70. The highest BCUT2D eigenvalue weighted by molar-refractivity contribution is 6.30. The zero-order chi connectivity index (χ0) is 11.1. The van der Waals surface area contributed by atoms with E-state index in [1.807, 2.05) is 0 Å². The Bertz CT molecular complexity index is 309. The van der Waals surface area contributed by atoms with Gasteiger partial charge in [0.2, 0.25) is 0 Å². The molecule has 0 amide bonds. The van der Waals surface area contributed by atoms with Crippen LogP contribution in [-0.4, -0.2) is 11.8 Å². The van der Waals surface area contributed by atoms with Gasteiger partial charge in [0.1, 0.15) is 5.75 Å². The summed E-state index contributed by atoms with van der Waals surface area (Å²) >= 11 is 11.2. The molecule has 0 fully saturated rings. The molecule has 0 aliphatic carbocycles. The van der Waals surface area contributed by atoms with Crippen molar-refractivity contribution in [1.29, 1.82) is 0 Å². The fraction of sp³-hybridized carbons (Fsp3) is 0.364. The Kier molecular flexibility index (Phi) is 5.51. The van der Waals surface area contributed by atoms with Gasteiger partial charge in [-0.15, -0.1) is 11.6 Å². The summed E-state index contributed by atoms with van der Waals surface area (Å²) in [6.07, 6.45) is 1.99. The number of unbranched alkanes of at least 4 members (excludes halogenated alkanes) is 1. The molecule has 0 aliphatic heterocycles. The molecular weight excluding hydrogens is 235 g/mol. The van der Waals surface area contributed by atoms with Crippen LogP contribution in [0.5, 0.6) is 5.75 Å². The summed E-state index contributed by atoms with van der Waals surface area (Å²) in [4.78, 5) is 11.3. The maximum Gasteiger partial charge on any atom is 0.311 e. The van der Waals surface area contributed by atoms with Crippen LogP contribution in [0.2, 0.25) is 5.02 Å². The number of ether oxygens (including phenoxy) is 1. The minimum absolute atomic E-state index is 0.234. The number of esters is 1. The third-order valence-corrected chi connectivity index (χ3v) is 2.33. The Morgan fingerprint density at radius 1 is 1.20 bits per heavy atom. The monoisotopic (exact) mass is 246 g/mol. The van der Waals surface area contributed by atoms with Crippen molar-refractivity contribution in [2.75, 3.05) is 5.88 Å². The lowest BCUT2D eigenvalue weighted by Gasteiger charge is -2.03. The molecule has 2 nitrogen and oxygen atoms in total. The van der Waals surface area contributed by atoms with E-state index in [1.54, 1.807) is 24.3 Å². The van der Waals surface area contributed by atoms with Crippen molar-refractivity contribution in [3.63, 3.8) is 0 Å². The quantitative estimate of drug-likeness (QED) is 0.343. The Hall–Kier alpha value is -0.730. The van der Waals surface area contributed by atoms with Gasteiger partial charge in [-0.1, -0.05) is 11.6 Å². The van der Waals surface area contributed by atoms with Gasteiger partial charge in [0.05, 0.1) is 0 Å². The van der Waals surface area contributed by atoms with Crippen molar-refractivity contribution in [2.45, 2.75) is 19.3 Å². The summed E-state index contributed by atoms with van der Waals surface area (Å²) < 4.78 is 5.08. The average molecular weight is 247 g/mol. The average Bonchev–Trinajstić information content (AvgIpc) is 2.22. The van der Waals surface area contributed by atoms with E-state index in [2.05, 4.69) is 0 Å². The molecule has 15 heavy (non-hydrogen) atoms. The second-order valence-electron chi connectivity index (χ2n) is 3.07. The molecule has 1 aromatic rings. The molecule has 0 atom stereocenters. The number of hydrogen-bond acceptors (Lipinski definition) is 2. The smallest absolute Gasteiger partial charge is 0.311 e. The molecule has 0 aromatic heterocycles. The van der Waals surface area contributed by atoms with Crippen molar-refractivity contribution < 1.29 is 9.53 Å². The van der Waals surface area contributed by atoms with Gasteiger partial charge >= 0.3 is 5.97 Å². The lowest BCUT2D eigenvalue weighted by molar-refractivity contribution is -0.134. The molecule has 0 saturated carbocycles. The number of carbonyl (C=O) groups excluding carboxylic acids is 1. The Morgan fingerprint density at radius 2 is 1.87 bits per heavy atom. The lowest BCUT2D eigenvalue weighted by Crippen LogP contribution is -2.07. The van der Waals surface area contributed by atoms with Gasteiger partial charge in [0.25, 0.3) is 0 Å². The van der Waals surface area contributed by atoms with Crippen LogP contribution in [0.3, 0.4) is 0 Å². The highest BCUT2D eigenvalue weighted by Crippen LogP contribution is 2.16. The molecule has 0 unspecified atom stereocenters. The van der Waals surface area contributed by atoms with Crippen LogP contribution in [0.15, 0.2) is 24.3 Å².